The molecule has 0 atom stereocenters. The van der Waals surface area contributed by atoms with E-state index in [4.69, 9.17) is 9.84 Å². The Kier molecular flexibility index (Phi) is 3.38. The Labute approximate surface area is 117 Å². The van der Waals surface area contributed by atoms with Crippen molar-refractivity contribution in [1.29, 1.82) is 0 Å². The second-order valence-corrected chi connectivity index (χ2v) is 4.44. The summed E-state index contributed by atoms with van der Waals surface area (Å²) in [5, 5.41) is 8.85. The molecule has 4 rings (SSSR count). The van der Waals surface area contributed by atoms with Crippen LogP contribution in [0.3, 0.4) is 0 Å². The van der Waals surface area contributed by atoms with Gasteiger partial charge in [-0.3, -0.25) is 0 Å². The number of ether oxygens (including phenoxy) is 1. The Hall–Kier alpha value is -2.74. The standard InChI is InChI=1S/C12H10.C6H4O2/c1-3-7-11(8-4-1)12-9-5-2-6-10-12;7-4-2-1-3-5-6(4)8-5/h1-10H;1-3,7H. The number of phenols is 1. The van der Waals surface area contributed by atoms with Gasteiger partial charge in [0.25, 0.3) is 0 Å². The van der Waals surface area contributed by atoms with Crippen LogP contribution in [0.2, 0.25) is 0 Å². The molecule has 0 bridgehead atoms. The maximum absolute atomic E-state index is 8.85. The highest BCUT2D eigenvalue weighted by Crippen LogP contribution is 2.51. The highest BCUT2D eigenvalue weighted by Gasteiger charge is 2.22. The molecule has 0 spiro atoms. The Morgan fingerprint density at radius 3 is 1.60 bits per heavy atom. The first-order valence-electron chi connectivity index (χ1n) is 6.45. The maximum atomic E-state index is 8.85. The quantitative estimate of drug-likeness (QED) is 0.497. The third-order valence-corrected chi connectivity index (χ3v) is 3.01. The molecule has 1 heterocycles. The molecule has 0 saturated carbocycles. The van der Waals surface area contributed by atoms with Crippen LogP contribution in [0.5, 0.6) is 17.2 Å². The molecule has 2 heteroatoms. The predicted octanol–water partition coefficient (Wildman–Crippen LogP) is 4.85. The van der Waals surface area contributed by atoms with E-state index in [0.29, 0.717) is 5.75 Å². The first kappa shape index (κ1) is 12.3. The van der Waals surface area contributed by atoms with E-state index in [-0.39, 0.29) is 5.75 Å². The predicted molar refractivity (Wildman–Crippen MR) is 80.1 cm³/mol. The van der Waals surface area contributed by atoms with E-state index in [2.05, 4.69) is 48.5 Å². The van der Waals surface area contributed by atoms with Crippen molar-refractivity contribution < 1.29 is 9.84 Å². The van der Waals surface area contributed by atoms with Crippen LogP contribution in [0, 0.1) is 0 Å². The lowest BCUT2D eigenvalue weighted by molar-refractivity contribution is 0.463. The molecular weight excluding hydrogens is 248 g/mol. The van der Waals surface area contributed by atoms with Crippen LogP contribution in [0.4, 0.5) is 0 Å². The number of fused-ring (bicyclic) bond motifs is 1. The van der Waals surface area contributed by atoms with Crippen molar-refractivity contribution >= 4 is 0 Å². The van der Waals surface area contributed by atoms with E-state index in [0.717, 1.165) is 5.75 Å². The third-order valence-electron chi connectivity index (χ3n) is 3.01. The fraction of sp³-hybridized carbons (Fsp3) is 0. The molecule has 20 heavy (non-hydrogen) atoms. The van der Waals surface area contributed by atoms with E-state index in [9.17, 15) is 0 Å². The monoisotopic (exact) mass is 262 g/mol. The van der Waals surface area contributed by atoms with Crippen molar-refractivity contribution in [2.24, 2.45) is 0 Å². The van der Waals surface area contributed by atoms with Gasteiger partial charge >= 0.3 is 0 Å². The SMILES string of the molecule is Oc1cccc2c1O2.c1ccc(-c2ccccc2)cc1. The number of para-hydroxylation sites is 1. The second-order valence-electron chi connectivity index (χ2n) is 4.44. The largest absolute Gasteiger partial charge is 0.504 e. The lowest BCUT2D eigenvalue weighted by Crippen LogP contribution is -1.73. The van der Waals surface area contributed by atoms with Crippen molar-refractivity contribution in [1.82, 2.24) is 0 Å². The summed E-state index contributed by atoms with van der Waals surface area (Å²) < 4.78 is 4.82. The summed E-state index contributed by atoms with van der Waals surface area (Å²) in [6.45, 7) is 0. The summed E-state index contributed by atoms with van der Waals surface area (Å²) in [4.78, 5) is 0. The summed E-state index contributed by atoms with van der Waals surface area (Å²) in [7, 11) is 0. The zero-order valence-electron chi connectivity index (χ0n) is 10.9. The van der Waals surface area contributed by atoms with Gasteiger partial charge < -0.3 is 9.84 Å². The first-order valence-corrected chi connectivity index (χ1v) is 6.45. The Balaban J connectivity index is 0.000000131. The lowest BCUT2D eigenvalue weighted by Gasteiger charge is -1.98. The number of phenolic OH excluding ortho intramolecular Hbond substituents is 1. The van der Waals surface area contributed by atoms with Crippen molar-refractivity contribution in [2.45, 2.75) is 0 Å². The lowest BCUT2D eigenvalue weighted by atomic mass is 10.1. The van der Waals surface area contributed by atoms with E-state index in [1.807, 2.05) is 18.2 Å². The van der Waals surface area contributed by atoms with Gasteiger partial charge in [-0.05, 0) is 23.3 Å². The molecule has 3 aromatic carbocycles. The van der Waals surface area contributed by atoms with E-state index in [1.165, 1.54) is 11.1 Å². The molecule has 1 aliphatic heterocycles. The molecule has 1 aliphatic rings. The molecule has 0 unspecified atom stereocenters. The van der Waals surface area contributed by atoms with Gasteiger partial charge in [0.15, 0.2) is 11.5 Å². The van der Waals surface area contributed by atoms with Crippen molar-refractivity contribution in [2.75, 3.05) is 0 Å². The van der Waals surface area contributed by atoms with Gasteiger partial charge in [-0.2, -0.15) is 0 Å². The molecular formula is C18H14O2. The average Bonchev–Trinajstić information content (AvgIpc) is 3.31. The molecule has 98 valence electrons. The second kappa shape index (κ2) is 5.49. The number of hydrogen-bond donors (Lipinski definition) is 1. The third kappa shape index (κ3) is 2.81. The summed E-state index contributed by atoms with van der Waals surface area (Å²) >= 11 is 0. The summed E-state index contributed by atoms with van der Waals surface area (Å²) in [6.07, 6.45) is 0. The Morgan fingerprint density at radius 1 is 0.600 bits per heavy atom. The molecule has 0 aromatic heterocycles. The zero-order chi connectivity index (χ0) is 13.8. The van der Waals surface area contributed by atoms with E-state index < -0.39 is 0 Å². The van der Waals surface area contributed by atoms with Gasteiger partial charge in [0.1, 0.15) is 0 Å². The van der Waals surface area contributed by atoms with Gasteiger partial charge in [0, 0.05) is 0 Å². The highest BCUT2D eigenvalue weighted by molar-refractivity contribution is 5.63. The Morgan fingerprint density at radius 2 is 1.15 bits per heavy atom. The van der Waals surface area contributed by atoms with E-state index in [1.54, 1.807) is 12.1 Å². The zero-order valence-corrected chi connectivity index (χ0v) is 10.9. The summed E-state index contributed by atoms with van der Waals surface area (Å²) in [6, 6.07) is 26.0. The summed E-state index contributed by atoms with van der Waals surface area (Å²) in [5.74, 6) is 1.67. The molecule has 1 N–H and O–H groups in total. The summed E-state index contributed by atoms with van der Waals surface area (Å²) in [5.41, 5.74) is 2.55. The van der Waals surface area contributed by atoms with Crippen LogP contribution < -0.4 is 4.74 Å². The van der Waals surface area contributed by atoms with Gasteiger partial charge in [0.05, 0.1) is 0 Å². The van der Waals surface area contributed by atoms with Crippen LogP contribution in [0.15, 0.2) is 78.9 Å². The highest BCUT2D eigenvalue weighted by atomic mass is 16.6. The molecule has 3 aromatic rings. The maximum Gasteiger partial charge on any atom is 0.211 e. The van der Waals surface area contributed by atoms with E-state index >= 15 is 0 Å². The smallest absolute Gasteiger partial charge is 0.211 e. The minimum atomic E-state index is 0.238. The minimum Gasteiger partial charge on any atom is -0.504 e. The van der Waals surface area contributed by atoms with Crippen LogP contribution in [-0.2, 0) is 0 Å². The number of benzene rings is 3. The van der Waals surface area contributed by atoms with Crippen LogP contribution >= 0.6 is 0 Å². The van der Waals surface area contributed by atoms with Crippen molar-refractivity contribution in [3.05, 3.63) is 78.9 Å². The van der Waals surface area contributed by atoms with Gasteiger partial charge in [-0.1, -0.05) is 66.7 Å². The minimum absolute atomic E-state index is 0.238. The normalized spacial score (nSPS) is 10.6. The van der Waals surface area contributed by atoms with Crippen LogP contribution in [0.1, 0.15) is 0 Å². The molecule has 0 fully saturated rings. The van der Waals surface area contributed by atoms with Crippen molar-refractivity contribution in [3.63, 3.8) is 0 Å². The van der Waals surface area contributed by atoms with Gasteiger partial charge in [-0.25, -0.2) is 0 Å². The van der Waals surface area contributed by atoms with Gasteiger partial charge in [-0.15, -0.1) is 0 Å². The number of hydrogen-bond acceptors (Lipinski definition) is 2. The van der Waals surface area contributed by atoms with Gasteiger partial charge in [0.2, 0.25) is 5.75 Å². The average molecular weight is 262 g/mol. The molecule has 0 aliphatic carbocycles. The first-order chi connectivity index (χ1) is 9.84. The molecule has 0 radical (unpaired) electrons. The molecule has 0 amide bonds. The number of aromatic hydroxyl groups is 1. The molecule has 2 nitrogen and oxygen atoms in total. The Bertz CT molecular complexity index is 654. The molecule has 0 saturated heterocycles. The fourth-order valence-electron chi connectivity index (χ4n) is 1.94. The van der Waals surface area contributed by atoms with Crippen LogP contribution in [0.25, 0.3) is 11.1 Å². The topological polar surface area (TPSA) is 32.8 Å². The number of rotatable bonds is 1. The van der Waals surface area contributed by atoms with Crippen LogP contribution in [-0.4, -0.2) is 5.11 Å². The van der Waals surface area contributed by atoms with Crippen molar-refractivity contribution in [3.8, 4) is 28.4 Å². The fourth-order valence-corrected chi connectivity index (χ4v) is 1.94.